The molecule has 1 atom stereocenters. The molecule has 6 heteroatoms. The first-order valence-electron chi connectivity index (χ1n) is 5.06. The molecule has 0 aliphatic carbocycles. The number of amides is 1. The molecular weight excluding hydrogens is 222 g/mol. The number of rotatable bonds is 3. The summed E-state index contributed by atoms with van der Waals surface area (Å²) in [6, 6.07) is 6.20. The van der Waals surface area contributed by atoms with E-state index in [9.17, 15) is 9.59 Å². The lowest BCUT2D eigenvalue weighted by Crippen LogP contribution is -2.38. The molecule has 17 heavy (non-hydrogen) atoms. The average Bonchev–Trinajstić information content (AvgIpc) is 2.72. The quantitative estimate of drug-likeness (QED) is 0.729. The number of benzene rings is 1. The zero-order valence-electron chi connectivity index (χ0n) is 9.10. The molecule has 1 heterocycles. The molecule has 0 aliphatic rings. The normalized spacial score (nSPS) is 12.3. The second-order valence-electron chi connectivity index (χ2n) is 3.65. The summed E-state index contributed by atoms with van der Waals surface area (Å²) in [5.74, 6) is -1.59. The van der Waals surface area contributed by atoms with Crippen molar-refractivity contribution in [3.63, 3.8) is 0 Å². The Hall–Kier alpha value is -2.37. The minimum Gasteiger partial charge on any atom is -0.480 e. The van der Waals surface area contributed by atoms with Crippen LogP contribution in [0.15, 0.2) is 24.3 Å². The van der Waals surface area contributed by atoms with E-state index in [-0.39, 0.29) is 5.69 Å². The highest BCUT2D eigenvalue weighted by Gasteiger charge is 2.18. The number of aromatic amines is 1. The average molecular weight is 233 g/mol. The highest BCUT2D eigenvalue weighted by atomic mass is 16.4. The van der Waals surface area contributed by atoms with Gasteiger partial charge in [0, 0.05) is 5.39 Å². The van der Waals surface area contributed by atoms with Crippen LogP contribution >= 0.6 is 0 Å². The van der Waals surface area contributed by atoms with Crippen LogP contribution < -0.4 is 5.32 Å². The summed E-state index contributed by atoms with van der Waals surface area (Å²) in [5.41, 5.74) is 0.939. The second kappa shape index (κ2) is 4.25. The van der Waals surface area contributed by atoms with Gasteiger partial charge in [-0.2, -0.15) is 5.10 Å². The fourth-order valence-electron chi connectivity index (χ4n) is 1.46. The minimum atomic E-state index is -1.09. The topological polar surface area (TPSA) is 95.1 Å². The van der Waals surface area contributed by atoms with Gasteiger partial charge in [-0.05, 0) is 13.0 Å². The number of aliphatic carboxylic acids is 1. The minimum absolute atomic E-state index is 0.203. The maximum absolute atomic E-state index is 11.8. The number of hydrogen-bond donors (Lipinski definition) is 3. The molecule has 0 radical (unpaired) electrons. The number of H-pyrrole nitrogens is 1. The Morgan fingerprint density at radius 3 is 2.82 bits per heavy atom. The Labute approximate surface area is 96.6 Å². The van der Waals surface area contributed by atoms with Crippen LogP contribution in [0.2, 0.25) is 0 Å². The number of aromatic nitrogens is 2. The molecule has 3 N–H and O–H groups in total. The third-order valence-electron chi connectivity index (χ3n) is 2.40. The van der Waals surface area contributed by atoms with Gasteiger partial charge < -0.3 is 10.4 Å². The van der Waals surface area contributed by atoms with E-state index in [4.69, 9.17) is 5.11 Å². The van der Waals surface area contributed by atoms with Crippen molar-refractivity contribution in [1.29, 1.82) is 0 Å². The Balaban J connectivity index is 2.28. The third-order valence-corrected chi connectivity index (χ3v) is 2.40. The van der Waals surface area contributed by atoms with E-state index in [0.717, 1.165) is 5.52 Å². The molecule has 0 saturated heterocycles. The number of carboxylic acids is 1. The molecule has 0 aliphatic heterocycles. The third kappa shape index (κ3) is 2.10. The van der Waals surface area contributed by atoms with E-state index in [2.05, 4.69) is 15.5 Å². The van der Waals surface area contributed by atoms with Crippen LogP contribution in [0.3, 0.4) is 0 Å². The summed E-state index contributed by atoms with van der Waals surface area (Å²) < 4.78 is 0. The summed E-state index contributed by atoms with van der Waals surface area (Å²) in [6.07, 6.45) is 0. The Kier molecular flexibility index (Phi) is 2.78. The van der Waals surface area contributed by atoms with Gasteiger partial charge in [0.25, 0.3) is 5.91 Å². The molecule has 1 amide bonds. The first kappa shape index (κ1) is 11.1. The van der Waals surface area contributed by atoms with Gasteiger partial charge in [0.2, 0.25) is 0 Å². The van der Waals surface area contributed by atoms with Crippen molar-refractivity contribution in [2.75, 3.05) is 0 Å². The van der Waals surface area contributed by atoms with E-state index >= 15 is 0 Å². The van der Waals surface area contributed by atoms with Crippen LogP contribution in [0.1, 0.15) is 17.4 Å². The lowest BCUT2D eigenvalue weighted by atomic mass is 10.2. The zero-order valence-corrected chi connectivity index (χ0v) is 9.10. The summed E-state index contributed by atoms with van der Waals surface area (Å²) in [7, 11) is 0. The number of carboxylic acid groups (broad SMARTS) is 1. The molecule has 2 aromatic rings. The van der Waals surface area contributed by atoms with E-state index in [0.29, 0.717) is 5.39 Å². The Morgan fingerprint density at radius 2 is 2.12 bits per heavy atom. The fourth-order valence-corrected chi connectivity index (χ4v) is 1.46. The summed E-state index contributed by atoms with van der Waals surface area (Å²) in [6.45, 7) is 1.40. The zero-order chi connectivity index (χ0) is 12.4. The SMILES string of the molecule is C[C@@H](NC(=O)c1n[nH]c2ccccc12)C(=O)O. The molecule has 0 unspecified atom stereocenters. The number of carbonyl (C=O) groups excluding carboxylic acids is 1. The van der Waals surface area contributed by atoms with Crippen LogP contribution in [-0.4, -0.2) is 33.2 Å². The second-order valence-corrected chi connectivity index (χ2v) is 3.65. The molecule has 6 nitrogen and oxygen atoms in total. The van der Waals surface area contributed by atoms with Crippen molar-refractivity contribution in [3.8, 4) is 0 Å². The van der Waals surface area contributed by atoms with Crippen molar-refractivity contribution >= 4 is 22.8 Å². The number of fused-ring (bicyclic) bond motifs is 1. The molecule has 88 valence electrons. The van der Waals surface area contributed by atoms with Crippen molar-refractivity contribution in [1.82, 2.24) is 15.5 Å². The van der Waals surface area contributed by atoms with E-state index in [1.807, 2.05) is 6.07 Å². The molecule has 1 aromatic carbocycles. The van der Waals surface area contributed by atoms with Crippen LogP contribution in [0.5, 0.6) is 0 Å². The van der Waals surface area contributed by atoms with Gasteiger partial charge in [-0.25, -0.2) is 0 Å². The van der Waals surface area contributed by atoms with Gasteiger partial charge in [0.1, 0.15) is 6.04 Å². The summed E-state index contributed by atoms with van der Waals surface area (Å²) in [4.78, 5) is 22.4. The van der Waals surface area contributed by atoms with E-state index < -0.39 is 17.9 Å². The lowest BCUT2D eigenvalue weighted by Gasteiger charge is -2.07. The maximum Gasteiger partial charge on any atom is 0.325 e. The van der Waals surface area contributed by atoms with Crippen LogP contribution in [0.25, 0.3) is 10.9 Å². The predicted molar refractivity (Wildman–Crippen MR) is 60.7 cm³/mol. The molecule has 0 bridgehead atoms. The van der Waals surface area contributed by atoms with Crippen molar-refractivity contribution in [3.05, 3.63) is 30.0 Å². The Morgan fingerprint density at radius 1 is 1.41 bits per heavy atom. The first-order valence-corrected chi connectivity index (χ1v) is 5.06. The first-order chi connectivity index (χ1) is 8.09. The summed E-state index contributed by atoms with van der Waals surface area (Å²) >= 11 is 0. The highest BCUT2D eigenvalue weighted by molar-refractivity contribution is 6.05. The largest absolute Gasteiger partial charge is 0.480 e. The Bertz CT molecular complexity index is 576. The smallest absolute Gasteiger partial charge is 0.325 e. The van der Waals surface area contributed by atoms with Gasteiger partial charge in [0.05, 0.1) is 5.52 Å². The number of carbonyl (C=O) groups is 2. The maximum atomic E-state index is 11.8. The molecule has 0 saturated carbocycles. The van der Waals surface area contributed by atoms with Crippen molar-refractivity contribution in [2.24, 2.45) is 0 Å². The fraction of sp³-hybridized carbons (Fsp3) is 0.182. The molecule has 0 spiro atoms. The molecule has 1 aromatic heterocycles. The standard InChI is InChI=1S/C11H11N3O3/c1-6(11(16)17)12-10(15)9-7-4-2-3-5-8(7)13-14-9/h2-6H,1H3,(H,12,15)(H,13,14)(H,16,17)/t6-/m1/s1. The van der Waals surface area contributed by atoms with Crippen molar-refractivity contribution in [2.45, 2.75) is 13.0 Å². The van der Waals surface area contributed by atoms with Gasteiger partial charge in [-0.15, -0.1) is 0 Å². The number of hydrogen-bond acceptors (Lipinski definition) is 3. The van der Waals surface area contributed by atoms with Gasteiger partial charge in [-0.1, -0.05) is 18.2 Å². The molecule has 0 fully saturated rings. The van der Waals surface area contributed by atoms with Crippen LogP contribution in [-0.2, 0) is 4.79 Å². The van der Waals surface area contributed by atoms with E-state index in [1.165, 1.54) is 6.92 Å². The number of para-hydroxylation sites is 1. The van der Waals surface area contributed by atoms with Crippen LogP contribution in [0, 0.1) is 0 Å². The highest BCUT2D eigenvalue weighted by Crippen LogP contribution is 2.14. The number of nitrogens with zero attached hydrogens (tertiary/aromatic N) is 1. The van der Waals surface area contributed by atoms with E-state index in [1.54, 1.807) is 18.2 Å². The molecule has 2 rings (SSSR count). The monoisotopic (exact) mass is 233 g/mol. The van der Waals surface area contributed by atoms with Crippen LogP contribution in [0.4, 0.5) is 0 Å². The summed E-state index contributed by atoms with van der Waals surface area (Å²) in [5, 5.41) is 18.3. The van der Waals surface area contributed by atoms with Gasteiger partial charge >= 0.3 is 5.97 Å². The van der Waals surface area contributed by atoms with Gasteiger partial charge in [-0.3, -0.25) is 14.7 Å². The number of nitrogens with one attached hydrogen (secondary N) is 2. The lowest BCUT2D eigenvalue weighted by molar-refractivity contribution is -0.138. The van der Waals surface area contributed by atoms with Crippen molar-refractivity contribution < 1.29 is 14.7 Å². The predicted octanol–water partition coefficient (Wildman–Crippen LogP) is 0.766. The molecular formula is C11H11N3O3. The van der Waals surface area contributed by atoms with Gasteiger partial charge in [0.15, 0.2) is 5.69 Å².